The van der Waals surface area contributed by atoms with E-state index < -0.39 is 27.4 Å². The number of hydrogen-bond acceptors (Lipinski definition) is 3. The van der Waals surface area contributed by atoms with Crippen molar-refractivity contribution in [3.8, 4) is 0 Å². The Balaban J connectivity index is 2.06. The molecule has 156 valence electrons. The minimum absolute atomic E-state index is 0.0932. The predicted octanol–water partition coefficient (Wildman–Crippen LogP) is 4.53. The van der Waals surface area contributed by atoms with Crippen LogP contribution >= 0.6 is 0 Å². The molecule has 0 atom stereocenters. The van der Waals surface area contributed by atoms with Gasteiger partial charge in [0.15, 0.2) is 0 Å². The first-order chi connectivity index (χ1) is 14.2. The topological polar surface area (TPSA) is 74.7 Å². The third kappa shape index (κ3) is 4.93. The van der Waals surface area contributed by atoms with Gasteiger partial charge in [0.2, 0.25) is 10.0 Å². The van der Waals surface area contributed by atoms with Gasteiger partial charge in [-0.15, -0.1) is 0 Å². The second kappa shape index (κ2) is 8.77. The molecule has 3 aromatic carbocycles. The summed E-state index contributed by atoms with van der Waals surface area (Å²) in [5, 5.41) is 9.18. The molecule has 0 aliphatic carbocycles. The highest BCUT2D eigenvalue weighted by molar-refractivity contribution is 7.89. The maximum atomic E-state index is 13.8. The van der Waals surface area contributed by atoms with Gasteiger partial charge in [0, 0.05) is 13.1 Å². The second-order valence-corrected chi connectivity index (χ2v) is 9.14. The Labute approximate surface area is 175 Å². The Hall–Kier alpha value is -3.03. The van der Waals surface area contributed by atoms with Crippen molar-refractivity contribution >= 4 is 16.0 Å². The lowest BCUT2D eigenvalue weighted by molar-refractivity contribution is 0.0691. The third-order valence-corrected chi connectivity index (χ3v) is 6.44. The van der Waals surface area contributed by atoms with Crippen LogP contribution < -0.4 is 0 Å². The van der Waals surface area contributed by atoms with Gasteiger partial charge in [0.25, 0.3) is 0 Å². The molecular formula is C23H22FNO4S. The van der Waals surface area contributed by atoms with Crippen molar-refractivity contribution < 1.29 is 22.7 Å². The highest BCUT2D eigenvalue weighted by atomic mass is 32.2. The van der Waals surface area contributed by atoms with E-state index in [0.29, 0.717) is 0 Å². The zero-order chi connectivity index (χ0) is 21.9. The Bertz CT molecular complexity index is 1160. The Morgan fingerprint density at radius 3 is 2.10 bits per heavy atom. The predicted molar refractivity (Wildman–Crippen MR) is 112 cm³/mol. The van der Waals surface area contributed by atoms with Crippen LogP contribution in [0.3, 0.4) is 0 Å². The van der Waals surface area contributed by atoms with Gasteiger partial charge in [0.05, 0.1) is 10.5 Å². The summed E-state index contributed by atoms with van der Waals surface area (Å²) in [4.78, 5) is 11.0. The number of rotatable bonds is 7. The summed E-state index contributed by atoms with van der Waals surface area (Å²) in [7, 11) is -4.09. The molecule has 0 fully saturated rings. The smallest absolute Gasteiger partial charge is 0.338 e. The van der Waals surface area contributed by atoms with Crippen LogP contribution in [0, 0.1) is 19.7 Å². The van der Waals surface area contributed by atoms with Gasteiger partial charge < -0.3 is 5.11 Å². The Morgan fingerprint density at radius 2 is 1.50 bits per heavy atom. The van der Waals surface area contributed by atoms with Crippen molar-refractivity contribution in [3.05, 3.63) is 100 Å². The van der Waals surface area contributed by atoms with E-state index in [1.807, 2.05) is 62.4 Å². The third-order valence-electron chi connectivity index (χ3n) is 4.65. The number of carboxylic acids is 1. The van der Waals surface area contributed by atoms with Gasteiger partial charge in [-0.3, -0.25) is 0 Å². The fourth-order valence-electron chi connectivity index (χ4n) is 3.35. The monoisotopic (exact) mass is 427 g/mol. The number of halogens is 1. The SMILES string of the molecule is Cc1cc(C)cc(CN(Cc2ccccc2)S(=O)(=O)c2ccc(F)c(C(=O)O)c2)c1. The van der Waals surface area contributed by atoms with Crippen molar-refractivity contribution in [1.29, 1.82) is 0 Å². The highest BCUT2D eigenvalue weighted by Gasteiger charge is 2.27. The van der Waals surface area contributed by atoms with Gasteiger partial charge >= 0.3 is 5.97 Å². The van der Waals surface area contributed by atoms with Gasteiger partial charge in [-0.25, -0.2) is 17.6 Å². The zero-order valence-corrected chi connectivity index (χ0v) is 17.5. The number of carbonyl (C=O) groups is 1. The summed E-state index contributed by atoms with van der Waals surface area (Å²) in [5.41, 5.74) is 2.94. The summed E-state index contributed by atoms with van der Waals surface area (Å²) < 4.78 is 41.9. The van der Waals surface area contributed by atoms with Crippen LogP contribution in [0.25, 0.3) is 0 Å². The maximum absolute atomic E-state index is 13.8. The molecule has 3 aromatic rings. The second-order valence-electron chi connectivity index (χ2n) is 7.20. The summed E-state index contributed by atoms with van der Waals surface area (Å²) in [5.74, 6) is -2.50. The van der Waals surface area contributed by atoms with Crippen LogP contribution in [0.5, 0.6) is 0 Å². The van der Waals surface area contributed by atoms with Crippen molar-refractivity contribution in [3.63, 3.8) is 0 Å². The van der Waals surface area contributed by atoms with Crippen LogP contribution in [0.1, 0.15) is 32.6 Å². The number of nitrogens with zero attached hydrogens (tertiary/aromatic N) is 1. The highest BCUT2D eigenvalue weighted by Crippen LogP contribution is 2.24. The first kappa shape index (κ1) is 21.7. The molecule has 0 saturated heterocycles. The molecule has 0 heterocycles. The van der Waals surface area contributed by atoms with E-state index in [2.05, 4.69) is 0 Å². The number of carboxylic acid groups (broad SMARTS) is 1. The molecule has 0 aliphatic rings. The van der Waals surface area contributed by atoms with E-state index >= 15 is 0 Å². The first-order valence-electron chi connectivity index (χ1n) is 9.31. The van der Waals surface area contributed by atoms with Crippen LogP contribution in [-0.4, -0.2) is 23.8 Å². The van der Waals surface area contributed by atoms with Crippen LogP contribution in [-0.2, 0) is 23.1 Å². The zero-order valence-electron chi connectivity index (χ0n) is 16.7. The van der Waals surface area contributed by atoms with Crippen molar-refractivity contribution in [2.24, 2.45) is 0 Å². The normalized spacial score (nSPS) is 11.6. The molecule has 0 aliphatic heterocycles. The molecular weight excluding hydrogens is 405 g/mol. The molecule has 5 nitrogen and oxygen atoms in total. The lowest BCUT2D eigenvalue weighted by Gasteiger charge is -2.23. The van der Waals surface area contributed by atoms with E-state index in [0.717, 1.165) is 40.5 Å². The van der Waals surface area contributed by atoms with Crippen molar-refractivity contribution in [2.45, 2.75) is 31.8 Å². The fourth-order valence-corrected chi connectivity index (χ4v) is 4.80. The van der Waals surface area contributed by atoms with Crippen molar-refractivity contribution in [2.75, 3.05) is 0 Å². The van der Waals surface area contributed by atoms with Gasteiger partial charge in [-0.1, -0.05) is 59.7 Å². The lowest BCUT2D eigenvalue weighted by Crippen LogP contribution is -2.30. The quantitative estimate of drug-likeness (QED) is 0.601. The van der Waals surface area contributed by atoms with Gasteiger partial charge in [-0.2, -0.15) is 4.31 Å². The molecule has 1 N–H and O–H groups in total. The van der Waals surface area contributed by atoms with Crippen LogP contribution in [0.2, 0.25) is 0 Å². The average Bonchev–Trinajstić information content (AvgIpc) is 2.67. The lowest BCUT2D eigenvalue weighted by atomic mass is 10.1. The maximum Gasteiger partial charge on any atom is 0.338 e. The van der Waals surface area contributed by atoms with Crippen LogP contribution in [0.15, 0.2) is 71.6 Å². The number of hydrogen-bond donors (Lipinski definition) is 1. The Kier molecular flexibility index (Phi) is 6.34. The van der Waals surface area contributed by atoms with E-state index in [1.54, 1.807) is 0 Å². The van der Waals surface area contributed by atoms with Gasteiger partial charge in [0.1, 0.15) is 5.82 Å². The van der Waals surface area contributed by atoms with E-state index in [-0.39, 0.29) is 18.0 Å². The summed E-state index contributed by atoms with van der Waals surface area (Å²) in [6.07, 6.45) is 0. The minimum Gasteiger partial charge on any atom is -0.478 e. The Morgan fingerprint density at radius 1 is 0.900 bits per heavy atom. The van der Waals surface area contributed by atoms with E-state index in [9.17, 15) is 22.7 Å². The molecule has 0 radical (unpaired) electrons. The van der Waals surface area contributed by atoms with Crippen LogP contribution in [0.4, 0.5) is 4.39 Å². The summed E-state index contributed by atoms with van der Waals surface area (Å²) >= 11 is 0. The molecule has 0 saturated carbocycles. The minimum atomic E-state index is -4.09. The first-order valence-corrected chi connectivity index (χ1v) is 10.7. The molecule has 0 bridgehead atoms. The number of sulfonamides is 1. The molecule has 0 amide bonds. The number of benzene rings is 3. The number of aryl methyl sites for hydroxylation is 2. The molecule has 0 unspecified atom stereocenters. The van der Waals surface area contributed by atoms with E-state index in [1.165, 1.54) is 4.31 Å². The standard InChI is InChI=1S/C23H22FNO4S/c1-16-10-17(2)12-19(11-16)15-25(14-18-6-4-3-5-7-18)30(28,29)20-8-9-22(24)21(13-20)23(26)27/h3-13H,14-15H2,1-2H3,(H,26,27). The molecule has 0 aromatic heterocycles. The van der Waals surface area contributed by atoms with Gasteiger partial charge in [-0.05, 0) is 43.2 Å². The summed E-state index contributed by atoms with van der Waals surface area (Å²) in [6.45, 7) is 4.06. The fraction of sp³-hybridized carbons (Fsp3) is 0.174. The van der Waals surface area contributed by atoms with Crippen molar-refractivity contribution in [1.82, 2.24) is 4.31 Å². The number of aromatic carboxylic acids is 1. The molecule has 30 heavy (non-hydrogen) atoms. The average molecular weight is 427 g/mol. The molecule has 7 heteroatoms. The molecule has 0 spiro atoms. The molecule has 3 rings (SSSR count). The summed E-state index contributed by atoms with van der Waals surface area (Å²) in [6, 6.07) is 17.8. The van der Waals surface area contributed by atoms with E-state index in [4.69, 9.17) is 0 Å². The largest absolute Gasteiger partial charge is 0.478 e.